The van der Waals surface area contributed by atoms with Crippen LogP contribution in [0.25, 0.3) is 0 Å². The summed E-state index contributed by atoms with van der Waals surface area (Å²) in [6, 6.07) is 3.91. The van der Waals surface area contributed by atoms with Gasteiger partial charge in [0.05, 0.1) is 12.5 Å². The van der Waals surface area contributed by atoms with Gasteiger partial charge in [0.15, 0.2) is 4.90 Å². The van der Waals surface area contributed by atoms with Gasteiger partial charge < -0.3 is 14.4 Å². The predicted octanol–water partition coefficient (Wildman–Crippen LogP) is 2.02. The highest BCUT2D eigenvalue weighted by molar-refractivity contribution is 7.91. The Kier molecular flexibility index (Phi) is 8.60. The van der Waals surface area contributed by atoms with Gasteiger partial charge in [-0.15, -0.1) is 0 Å². The van der Waals surface area contributed by atoms with Crippen molar-refractivity contribution in [3.8, 4) is 0 Å². The summed E-state index contributed by atoms with van der Waals surface area (Å²) in [6.07, 6.45) is 8.85. The van der Waals surface area contributed by atoms with Crippen molar-refractivity contribution in [2.75, 3.05) is 26.9 Å². The lowest BCUT2D eigenvalue weighted by Gasteiger charge is -2.22. The van der Waals surface area contributed by atoms with Crippen LogP contribution in [0.1, 0.15) is 22.8 Å². The number of H-pyrrole nitrogens is 1. The molecule has 0 aliphatic carbocycles. The van der Waals surface area contributed by atoms with Crippen LogP contribution < -0.4 is 0 Å². The zero-order valence-electron chi connectivity index (χ0n) is 14.8. The Balaban J connectivity index is 0.000000550. The molecule has 140 valence electrons. The molecule has 2 aromatic heterocycles. The van der Waals surface area contributed by atoms with Gasteiger partial charge in [0.2, 0.25) is 0 Å². The first-order chi connectivity index (χ1) is 11.6. The summed E-state index contributed by atoms with van der Waals surface area (Å²) in [5, 5.41) is -0.0272. The van der Waals surface area contributed by atoms with E-state index in [1.807, 2.05) is 51.7 Å². The van der Waals surface area contributed by atoms with Crippen LogP contribution >= 0.6 is 0 Å². The maximum atomic E-state index is 12.9. The molecule has 9 heteroatoms. The van der Waals surface area contributed by atoms with Crippen LogP contribution in [-0.2, 0) is 21.3 Å². The van der Waals surface area contributed by atoms with Crippen molar-refractivity contribution in [2.24, 2.45) is 0 Å². The SMILES string of the molecule is CS(=O)(=O)O.Cc1c[nH]cc1[S+]([O-])C(CCN(C)C)c1cccnc1. The third-order valence-electron chi connectivity index (χ3n) is 3.27. The summed E-state index contributed by atoms with van der Waals surface area (Å²) in [4.78, 5) is 10.2. The molecule has 0 aromatic carbocycles. The first-order valence-electron chi connectivity index (χ1n) is 7.60. The van der Waals surface area contributed by atoms with E-state index in [0.29, 0.717) is 6.26 Å². The molecule has 0 saturated heterocycles. The molecule has 0 fully saturated rings. The number of rotatable bonds is 6. The van der Waals surface area contributed by atoms with Crippen LogP contribution in [0, 0.1) is 6.92 Å². The van der Waals surface area contributed by atoms with E-state index >= 15 is 0 Å². The van der Waals surface area contributed by atoms with Crippen LogP contribution in [0.4, 0.5) is 0 Å². The molecule has 0 aliphatic rings. The standard InChI is InChI=1S/C15H21N3OS.CH4O3S/c1-12-9-17-11-15(12)20(19)14(6-8-18(2)3)13-5-4-7-16-10-13;1-5(2,3)4/h4-5,7,9-11,14,17H,6,8H2,1-3H3;1H3,(H,2,3,4). The molecule has 2 heterocycles. The van der Waals surface area contributed by atoms with Crippen molar-refractivity contribution < 1.29 is 17.5 Å². The van der Waals surface area contributed by atoms with Gasteiger partial charge in [0.1, 0.15) is 5.25 Å². The van der Waals surface area contributed by atoms with Crippen LogP contribution in [0.3, 0.4) is 0 Å². The fraction of sp³-hybridized carbons (Fsp3) is 0.438. The van der Waals surface area contributed by atoms with Crippen molar-refractivity contribution in [1.29, 1.82) is 0 Å². The number of aromatic amines is 1. The molecular formula is C16H25N3O4S2. The zero-order chi connectivity index (χ0) is 19.0. The fourth-order valence-corrected chi connectivity index (χ4v) is 3.71. The van der Waals surface area contributed by atoms with Gasteiger partial charge in [0, 0.05) is 42.7 Å². The highest BCUT2D eigenvalue weighted by atomic mass is 32.2. The van der Waals surface area contributed by atoms with Gasteiger partial charge in [-0.3, -0.25) is 9.54 Å². The number of nitrogens with zero attached hydrogens (tertiary/aromatic N) is 2. The Labute approximate surface area is 152 Å². The number of nitrogens with one attached hydrogen (secondary N) is 1. The van der Waals surface area contributed by atoms with Crippen molar-refractivity contribution in [3.63, 3.8) is 0 Å². The minimum Gasteiger partial charge on any atom is -0.611 e. The van der Waals surface area contributed by atoms with Crippen LogP contribution in [0.5, 0.6) is 0 Å². The molecule has 0 amide bonds. The maximum Gasteiger partial charge on any atom is 0.261 e. The summed E-state index contributed by atoms with van der Waals surface area (Å²) >= 11 is -1.07. The first kappa shape index (κ1) is 21.7. The van der Waals surface area contributed by atoms with Gasteiger partial charge in [0.25, 0.3) is 10.1 Å². The number of aryl methyl sites for hydroxylation is 1. The van der Waals surface area contributed by atoms with E-state index in [-0.39, 0.29) is 5.25 Å². The largest absolute Gasteiger partial charge is 0.611 e. The molecular weight excluding hydrogens is 362 g/mol. The lowest BCUT2D eigenvalue weighted by molar-refractivity contribution is 0.395. The molecule has 2 N–H and O–H groups in total. The van der Waals surface area contributed by atoms with E-state index in [9.17, 15) is 13.0 Å². The van der Waals surface area contributed by atoms with Gasteiger partial charge in [-0.2, -0.15) is 8.42 Å². The normalized spacial score (nSPS) is 13.9. The summed E-state index contributed by atoms with van der Waals surface area (Å²) in [6.45, 7) is 2.88. The quantitative estimate of drug-likeness (QED) is 0.580. The van der Waals surface area contributed by atoms with Crippen molar-refractivity contribution in [1.82, 2.24) is 14.9 Å². The lowest BCUT2D eigenvalue weighted by atomic mass is 10.1. The Morgan fingerprint density at radius 2 is 2.04 bits per heavy atom. The number of hydrogen-bond acceptors (Lipinski definition) is 5. The van der Waals surface area contributed by atoms with Crippen LogP contribution in [0.15, 0.2) is 41.8 Å². The first-order valence-corrected chi connectivity index (χ1v) is 10.7. The van der Waals surface area contributed by atoms with E-state index in [0.717, 1.165) is 29.0 Å². The highest BCUT2D eigenvalue weighted by Gasteiger charge is 2.28. The second kappa shape index (κ2) is 9.93. The number of aromatic nitrogens is 2. The van der Waals surface area contributed by atoms with Crippen molar-refractivity contribution >= 4 is 21.3 Å². The minimum absolute atomic E-state index is 0.0272. The van der Waals surface area contributed by atoms with E-state index < -0.39 is 21.3 Å². The van der Waals surface area contributed by atoms with Crippen LogP contribution in [-0.4, -0.2) is 59.3 Å². The van der Waals surface area contributed by atoms with E-state index in [1.54, 1.807) is 6.20 Å². The molecule has 2 atom stereocenters. The van der Waals surface area contributed by atoms with Gasteiger partial charge in [-0.05, 0) is 38.3 Å². The summed E-state index contributed by atoms with van der Waals surface area (Å²) in [5.74, 6) is 0. The predicted molar refractivity (Wildman–Crippen MR) is 99.6 cm³/mol. The molecule has 2 unspecified atom stereocenters. The molecule has 2 aromatic rings. The van der Waals surface area contributed by atoms with E-state index in [4.69, 9.17) is 4.55 Å². The van der Waals surface area contributed by atoms with Gasteiger partial charge >= 0.3 is 0 Å². The fourth-order valence-electron chi connectivity index (χ4n) is 2.14. The summed E-state index contributed by atoms with van der Waals surface area (Å²) in [7, 11) is 0.398. The summed E-state index contributed by atoms with van der Waals surface area (Å²) < 4.78 is 38.8. The highest BCUT2D eigenvalue weighted by Crippen LogP contribution is 2.32. The van der Waals surface area contributed by atoms with Gasteiger partial charge in [-0.25, -0.2) is 0 Å². The molecule has 0 spiro atoms. The Hall–Kier alpha value is -1.39. The van der Waals surface area contributed by atoms with Gasteiger partial charge in [-0.1, -0.05) is 6.07 Å². The topological polar surface area (TPSA) is 109 Å². The summed E-state index contributed by atoms with van der Waals surface area (Å²) in [5.41, 5.74) is 2.08. The van der Waals surface area contributed by atoms with Crippen molar-refractivity contribution in [2.45, 2.75) is 23.5 Å². The second-order valence-electron chi connectivity index (χ2n) is 5.90. The molecule has 7 nitrogen and oxygen atoms in total. The Morgan fingerprint density at radius 3 is 2.48 bits per heavy atom. The number of hydrogen-bond donors (Lipinski definition) is 2. The lowest BCUT2D eigenvalue weighted by Crippen LogP contribution is -2.21. The van der Waals surface area contributed by atoms with E-state index in [1.165, 1.54) is 0 Å². The molecule has 25 heavy (non-hydrogen) atoms. The smallest absolute Gasteiger partial charge is 0.261 e. The minimum atomic E-state index is -3.67. The average molecular weight is 388 g/mol. The second-order valence-corrected chi connectivity index (χ2v) is 8.97. The third-order valence-corrected chi connectivity index (χ3v) is 5.17. The molecule has 0 aliphatic heterocycles. The molecule has 0 bridgehead atoms. The van der Waals surface area contributed by atoms with Crippen molar-refractivity contribution in [3.05, 3.63) is 48.0 Å². The molecule has 2 rings (SSSR count). The maximum absolute atomic E-state index is 12.9. The Morgan fingerprint density at radius 1 is 1.40 bits per heavy atom. The van der Waals surface area contributed by atoms with Crippen LogP contribution in [0.2, 0.25) is 0 Å². The molecule has 0 radical (unpaired) electrons. The number of pyridine rings is 1. The monoisotopic (exact) mass is 387 g/mol. The average Bonchev–Trinajstić information content (AvgIpc) is 2.92. The Bertz CT molecular complexity index is 725. The third kappa shape index (κ3) is 8.50. The zero-order valence-corrected chi connectivity index (χ0v) is 16.5. The van der Waals surface area contributed by atoms with E-state index in [2.05, 4.69) is 14.9 Å². The molecule has 0 saturated carbocycles.